The summed E-state index contributed by atoms with van der Waals surface area (Å²) in [6, 6.07) is 2.75. The molecule has 0 fully saturated rings. The molecule has 0 bridgehead atoms. The van der Waals surface area contributed by atoms with E-state index in [0.717, 1.165) is 6.07 Å². The Morgan fingerprint density at radius 3 is 2.50 bits per heavy atom. The van der Waals surface area contributed by atoms with Crippen LogP contribution in [-0.4, -0.2) is 9.97 Å². The molecule has 2 rings (SSSR count). The zero-order chi connectivity index (χ0) is 13.3. The second-order valence-corrected chi connectivity index (χ2v) is 3.88. The second-order valence-electron chi connectivity index (χ2n) is 3.54. The van der Waals surface area contributed by atoms with Crippen LogP contribution in [-0.2, 0) is 0 Å². The highest BCUT2D eigenvalue weighted by Crippen LogP contribution is 2.23. The summed E-state index contributed by atoms with van der Waals surface area (Å²) in [4.78, 5) is 7.57. The lowest BCUT2D eigenvalue weighted by Crippen LogP contribution is -2.01. The Balaban J connectivity index is 2.39. The fourth-order valence-corrected chi connectivity index (χ4v) is 1.61. The Labute approximate surface area is 106 Å². The molecule has 1 heterocycles. The third-order valence-corrected chi connectivity index (χ3v) is 2.25. The Morgan fingerprint density at radius 1 is 1.11 bits per heavy atom. The molecular weight excluding hydrogens is 267 g/mol. The Bertz CT molecular complexity index is 584. The van der Waals surface area contributed by atoms with Gasteiger partial charge in [-0.15, -0.1) is 0 Å². The number of hydrogen-bond donors (Lipinski definition) is 1. The predicted octanol–water partition coefficient (Wildman–Crippen LogP) is 3.60. The minimum absolute atomic E-state index is 0.0465. The van der Waals surface area contributed by atoms with Crippen LogP contribution in [0.25, 0.3) is 0 Å². The maximum absolute atomic E-state index is 13.4. The first-order valence-corrected chi connectivity index (χ1v) is 5.26. The highest BCUT2D eigenvalue weighted by molar-refractivity contribution is 6.28. The zero-order valence-corrected chi connectivity index (χ0v) is 9.89. The summed E-state index contributed by atoms with van der Waals surface area (Å²) in [6.07, 6.45) is 0. The normalized spacial score (nSPS) is 10.5. The van der Waals surface area contributed by atoms with Crippen molar-refractivity contribution in [2.75, 3.05) is 5.32 Å². The van der Waals surface area contributed by atoms with Crippen molar-refractivity contribution in [3.63, 3.8) is 0 Å². The van der Waals surface area contributed by atoms with Gasteiger partial charge >= 0.3 is 0 Å². The van der Waals surface area contributed by atoms with Crippen molar-refractivity contribution in [1.29, 1.82) is 0 Å². The van der Waals surface area contributed by atoms with E-state index in [4.69, 9.17) is 11.6 Å². The largest absolute Gasteiger partial charge is 0.338 e. The third kappa shape index (κ3) is 2.70. The summed E-state index contributed by atoms with van der Waals surface area (Å²) < 4.78 is 39.3. The predicted molar refractivity (Wildman–Crippen MR) is 61.4 cm³/mol. The lowest BCUT2D eigenvalue weighted by molar-refractivity contribution is 0.498. The second kappa shape index (κ2) is 4.81. The highest BCUT2D eigenvalue weighted by atomic mass is 35.5. The van der Waals surface area contributed by atoms with Gasteiger partial charge in [0, 0.05) is 23.9 Å². The Hall–Kier alpha value is -1.82. The molecular formula is C11H7ClF3N3. The molecule has 1 N–H and O–H groups in total. The van der Waals surface area contributed by atoms with Gasteiger partial charge in [-0.25, -0.2) is 23.1 Å². The Kier molecular flexibility index (Phi) is 3.38. The summed E-state index contributed by atoms with van der Waals surface area (Å²) in [5.74, 6) is -3.22. The van der Waals surface area contributed by atoms with Gasteiger partial charge in [-0.3, -0.25) is 0 Å². The molecule has 0 radical (unpaired) electrons. The first-order chi connectivity index (χ1) is 8.45. The average Bonchev–Trinajstić information content (AvgIpc) is 2.23. The van der Waals surface area contributed by atoms with Gasteiger partial charge in [0.15, 0.2) is 11.6 Å². The van der Waals surface area contributed by atoms with Crippen LogP contribution < -0.4 is 5.32 Å². The van der Waals surface area contributed by atoms with Crippen LogP contribution in [0.3, 0.4) is 0 Å². The van der Waals surface area contributed by atoms with Crippen LogP contribution >= 0.6 is 11.6 Å². The lowest BCUT2D eigenvalue weighted by Gasteiger charge is -2.08. The minimum Gasteiger partial charge on any atom is -0.338 e. The fraction of sp³-hybridized carbons (Fsp3) is 0.0909. The molecule has 0 saturated heterocycles. The molecule has 0 aliphatic carbocycles. The van der Waals surface area contributed by atoms with E-state index in [2.05, 4.69) is 15.3 Å². The van der Waals surface area contributed by atoms with Gasteiger partial charge in [0.25, 0.3) is 0 Å². The van der Waals surface area contributed by atoms with E-state index in [-0.39, 0.29) is 16.8 Å². The maximum atomic E-state index is 13.4. The van der Waals surface area contributed by atoms with Crippen LogP contribution in [0.4, 0.5) is 24.7 Å². The van der Waals surface area contributed by atoms with E-state index in [0.29, 0.717) is 11.8 Å². The van der Waals surface area contributed by atoms with Crippen LogP contribution in [0.5, 0.6) is 0 Å². The van der Waals surface area contributed by atoms with Crippen molar-refractivity contribution < 1.29 is 13.2 Å². The van der Waals surface area contributed by atoms with Gasteiger partial charge in [0.2, 0.25) is 5.28 Å². The minimum atomic E-state index is -1.28. The Morgan fingerprint density at radius 2 is 1.83 bits per heavy atom. The van der Waals surface area contributed by atoms with Crippen molar-refractivity contribution in [3.05, 3.63) is 46.6 Å². The van der Waals surface area contributed by atoms with Crippen LogP contribution in [0.1, 0.15) is 5.69 Å². The summed E-state index contributed by atoms with van der Waals surface area (Å²) in [5.41, 5.74) is 0.177. The highest BCUT2D eigenvalue weighted by Gasteiger charge is 2.12. The van der Waals surface area contributed by atoms with Gasteiger partial charge in [-0.1, -0.05) is 0 Å². The topological polar surface area (TPSA) is 37.8 Å². The zero-order valence-electron chi connectivity index (χ0n) is 9.14. The van der Waals surface area contributed by atoms with E-state index in [1.54, 1.807) is 6.92 Å². The van der Waals surface area contributed by atoms with Crippen LogP contribution in [0.2, 0.25) is 5.28 Å². The molecule has 1 aromatic carbocycles. The number of aryl methyl sites for hydroxylation is 1. The molecule has 0 amide bonds. The molecule has 1 aromatic heterocycles. The van der Waals surface area contributed by atoms with Crippen LogP contribution in [0, 0.1) is 24.4 Å². The maximum Gasteiger partial charge on any atom is 0.224 e. The van der Waals surface area contributed by atoms with Gasteiger partial charge in [-0.05, 0) is 18.5 Å². The number of halogens is 4. The van der Waals surface area contributed by atoms with E-state index in [1.165, 1.54) is 6.07 Å². The van der Waals surface area contributed by atoms with Crippen molar-refractivity contribution in [2.45, 2.75) is 6.92 Å². The molecule has 18 heavy (non-hydrogen) atoms. The molecule has 0 atom stereocenters. The van der Waals surface area contributed by atoms with Crippen molar-refractivity contribution >= 4 is 23.1 Å². The summed E-state index contributed by atoms with van der Waals surface area (Å²) in [5, 5.41) is 2.40. The number of hydrogen-bond acceptors (Lipinski definition) is 3. The number of nitrogens with one attached hydrogen (secondary N) is 1. The molecule has 0 unspecified atom stereocenters. The summed E-state index contributed by atoms with van der Waals surface area (Å²) in [7, 11) is 0. The SMILES string of the molecule is Cc1cc(Nc2cc(F)cc(F)c2F)nc(Cl)n1. The first kappa shape index (κ1) is 12.6. The number of anilines is 2. The van der Waals surface area contributed by atoms with E-state index >= 15 is 0 Å². The first-order valence-electron chi connectivity index (χ1n) is 4.88. The lowest BCUT2D eigenvalue weighted by atomic mass is 10.2. The molecule has 0 aliphatic rings. The van der Waals surface area contributed by atoms with Gasteiger partial charge in [0.1, 0.15) is 11.6 Å². The van der Waals surface area contributed by atoms with E-state index in [9.17, 15) is 13.2 Å². The smallest absolute Gasteiger partial charge is 0.224 e. The molecule has 3 nitrogen and oxygen atoms in total. The molecule has 2 aromatic rings. The van der Waals surface area contributed by atoms with Crippen molar-refractivity contribution in [3.8, 4) is 0 Å². The third-order valence-electron chi connectivity index (χ3n) is 2.08. The number of nitrogens with zero attached hydrogens (tertiary/aromatic N) is 2. The summed E-state index contributed by atoms with van der Waals surface area (Å²) >= 11 is 5.61. The van der Waals surface area contributed by atoms with E-state index in [1.807, 2.05) is 0 Å². The molecule has 7 heteroatoms. The van der Waals surface area contributed by atoms with Crippen molar-refractivity contribution in [2.24, 2.45) is 0 Å². The average molecular weight is 274 g/mol. The quantitative estimate of drug-likeness (QED) is 0.671. The summed E-state index contributed by atoms with van der Waals surface area (Å²) in [6.45, 7) is 1.65. The van der Waals surface area contributed by atoms with Crippen molar-refractivity contribution in [1.82, 2.24) is 9.97 Å². The number of rotatable bonds is 2. The standard InChI is InChI=1S/C11H7ClF3N3/c1-5-2-9(18-11(12)16-5)17-8-4-6(13)3-7(14)10(8)15/h2-4H,1H3,(H,16,17,18). The molecule has 94 valence electrons. The van der Waals surface area contributed by atoms with Gasteiger partial charge in [-0.2, -0.15) is 0 Å². The van der Waals surface area contributed by atoms with Gasteiger partial charge in [0.05, 0.1) is 5.69 Å². The van der Waals surface area contributed by atoms with Crippen LogP contribution in [0.15, 0.2) is 18.2 Å². The van der Waals surface area contributed by atoms with E-state index < -0.39 is 17.5 Å². The molecule has 0 saturated carbocycles. The fourth-order valence-electron chi connectivity index (χ4n) is 1.38. The van der Waals surface area contributed by atoms with Gasteiger partial charge < -0.3 is 5.32 Å². The molecule has 0 spiro atoms. The number of benzene rings is 1. The number of aromatic nitrogens is 2. The molecule has 0 aliphatic heterocycles. The monoisotopic (exact) mass is 273 g/mol.